The molecule has 0 radical (unpaired) electrons. The van der Waals surface area contributed by atoms with Crippen molar-refractivity contribution in [1.82, 2.24) is 7.96 Å². The molecule has 3 heterocycles. The van der Waals surface area contributed by atoms with Crippen molar-refractivity contribution in [2.75, 3.05) is 0 Å². The van der Waals surface area contributed by atoms with Gasteiger partial charge >= 0.3 is 202 Å². The molecule has 4 aromatic rings. The predicted octanol–water partition coefficient (Wildman–Crippen LogP) is 8.39. The van der Waals surface area contributed by atoms with Crippen molar-refractivity contribution in [3.05, 3.63) is 46.2 Å². The van der Waals surface area contributed by atoms with Crippen LogP contribution in [0.3, 0.4) is 0 Å². The number of hydrogen-bond acceptors (Lipinski definition) is 4. The van der Waals surface area contributed by atoms with Crippen LogP contribution < -0.4 is 0 Å². The van der Waals surface area contributed by atoms with Gasteiger partial charge in [-0.3, -0.25) is 0 Å². The summed E-state index contributed by atoms with van der Waals surface area (Å²) in [5.41, 5.74) is 7.72. The Hall–Kier alpha value is -1.26. The molecule has 0 spiro atoms. The first-order valence-electron chi connectivity index (χ1n) is 11.7. The number of thiophene rings is 2. The quantitative estimate of drug-likeness (QED) is 0.140. The average Bonchev–Trinajstić information content (AvgIpc) is 3.54. The van der Waals surface area contributed by atoms with Gasteiger partial charge in [-0.1, -0.05) is 0 Å². The van der Waals surface area contributed by atoms with Gasteiger partial charge < -0.3 is 0 Å². The number of aromatic nitrogens is 2. The van der Waals surface area contributed by atoms with E-state index >= 15 is 0 Å². The van der Waals surface area contributed by atoms with Crippen molar-refractivity contribution in [2.45, 2.75) is 78.1 Å². The van der Waals surface area contributed by atoms with Crippen LogP contribution in [0.2, 0.25) is 0 Å². The van der Waals surface area contributed by atoms with E-state index in [-0.39, 0.29) is 15.0 Å². The van der Waals surface area contributed by atoms with Gasteiger partial charge in [-0.2, -0.15) is 0 Å². The van der Waals surface area contributed by atoms with E-state index in [0.717, 1.165) is 11.0 Å². The summed E-state index contributed by atoms with van der Waals surface area (Å²) in [6.07, 6.45) is 12.9. The molecule has 2 nitrogen and oxygen atoms in total. The zero-order chi connectivity index (χ0) is 21.5. The SMILES string of the molecule is CCCCCCc1csc(-c2ccc(-c3cc(CCCCCC)cs3)c3n[se]nc23)c1. The molecule has 0 atom stereocenters. The van der Waals surface area contributed by atoms with Crippen molar-refractivity contribution in [1.29, 1.82) is 0 Å². The Labute approximate surface area is 201 Å². The minimum absolute atomic E-state index is 0.0202. The van der Waals surface area contributed by atoms with Crippen LogP contribution in [0.15, 0.2) is 35.0 Å². The van der Waals surface area contributed by atoms with Crippen LogP contribution in [-0.4, -0.2) is 22.9 Å². The van der Waals surface area contributed by atoms with Gasteiger partial charge in [-0.25, -0.2) is 0 Å². The number of fused-ring (bicyclic) bond motifs is 1. The molecule has 0 saturated heterocycles. The predicted molar refractivity (Wildman–Crippen MR) is 139 cm³/mol. The van der Waals surface area contributed by atoms with Crippen LogP contribution in [-0.2, 0) is 12.8 Å². The summed E-state index contributed by atoms with van der Waals surface area (Å²) in [5, 5.41) is 4.67. The minimum atomic E-state index is -0.0202. The van der Waals surface area contributed by atoms with E-state index in [2.05, 4.69) is 48.9 Å². The third-order valence-electron chi connectivity index (χ3n) is 5.89. The Bertz CT molecular complexity index is 1010. The van der Waals surface area contributed by atoms with E-state index in [9.17, 15) is 0 Å². The first kappa shape index (κ1) is 22.9. The zero-order valence-electron chi connectivity index (χ0n) is 18.7. The molecular weight excluding hydrogens is 483 g/mol. The van der Waals surface area contributed by atoms with Gasteiger partial charge in [-0.15, -0.1) is 0 Å². The van der Waals surface area contributed by atoms with Gasteiger partial charge in [0.25, 0.3) is 0 Å². The molecule has 0 aliphatic rings. The van der Waals surface area contributed by atoms with Crippen molar-refractivity contribution in [3.8, 4) is 20.9 Å². The molecule has 164 valence electrons. The molecule has 0 N–H and O–H groups in total. The molecule has 0 fully saturated rings. The van der Waals surface area contributed by atoms with Crippen LogP contribution in [0.25, 0.3) is 31.9 Å². The van der Waals surface area contributed by atoms with Crippen molar-refractivity contribution in [3.63, 3.8) is 0 Å². The molecule has 3 aromatic heterocycles. The van der Waals surface area contributed by atoms with Gasteiger partial charge in [0.05, 0.1) is 0 Å². The van der Waals surface area contributed by atoms with Crippen LogP contribution in [0.1, 0.15) is 76.3 Å². The summed E-state index contributed by atoms with van der Waals surface area (Å²) >= 11 is 3.70. The van der Waals surface area contributed by atoms with E-state index < -0.39 is 0 Å². The van der Waals surface area contributed by atoms with Gasteiger partial charge in [0, 0.05) is 0 Å². The summed E-state index contributed by atoms with van der Waals surface area (Å²) in [4.78, 5) is 2.68. The van der Waals surface area contributed by atoms with E-state index in [4.69, 9.17) is 7.96 Å². The molecule has 0 aliphatic carbocycles. The van der Waals surface area contributed by atoms with E-state index in [1.54, 1.807) is 0 Å². The molecule has 4 rings (SSSR count). The third-order valence-corrected chi connectivity index (χ3v) is 9.03. The zero-order valence-corrected chi connectivity index (χ0v) is 22.0. The fourth-order valence-electron chi connectivity index (χ4n) is 4.07. The second kappa shape index (κ2) is 11.6. The Balaban J connectivity index is 1.52. The molecule has 0 saturated carbocycles. The molecule has 0 bridgehead atoms. The number of unbranched alkanes of at least 4 members (excludes halogenated alkanes) is 6. The van der Waals surface area contributed by atoms with Crippen LogP contribution >= 0.6 is 22.7 Å². The molecule has 0 aliphatic heterocycles. The number of nitrogens with zero attached hydrogens (tertiary/aromatic N) is 2. The first-order valence-corrected chi connectivity index (χ1v) is 15.0. The summed E-state index contributed by atoms with van der Waals surface area (Å²) < 4.78 is 9.68. The van der Waals surface area contributed by atoms with Gasteiger partial charge in [-0.05, 0) is 0 Å². The molecular formula is C26H32N2S2Se. The fraction of sp³-hybridized carbons (Fsp3) is 0.462. The number of hydrogen-bond donors (Lipinski definition) is 0. The van der Waals surface area contributed by atoms with Crippen molar-refractivity contribution in [2.24, 2.45) is 0 Å². The maximum atomic E-state index is 4.84. The number of rotatable bonds is 12. The van der Waals surface area contributed by atoms with Gasteiger partial charge in [0.2, 0.25) is 0 Å². The second-order valence-corrected chi connectivity index (χ2v) is 11.3. The van der Waals surface area contributed by atoms with Crippen LogP contribution in [0.4, 0.5) is 0 Å². The van der Waals surface area contributed by atoms with E-state index in [0.29, 0.717) is 0 Å². The summed E-state index contributed by atoms with van der Waals surface area (Å²) in [6, 6.07) is 9.32. The average molecular weight is 516 g/mol. The summed E-state index contributed by atoms with van der Waals surface area (Å²) in [5.74, 6) is 0. The standard InChI is InChI=1S/C26H32N2S2Se/c1-3-5-7-9-11-19-15-23(29-17-19)21-13-14-22(26-25(21)27-31-28-26)24-16-20(18-30-24)12-10-8-6-4-2/h13-18H,3-12H2,1-2H3. The molecule has 1 aromatic carbocycles. The Morgan fingerprint density at radius 2 is 1.16 bits per heavy atom. The number of aryl methyl sites for hydroxylation is 2. The molecule has 5 heteroatoms. The third kappa shape index (κ3) is 5.76. The topological polar surface area (TPSA) is 25.8 Å². The van der Waals surface area contributed by atoms with E-state index in [1.165, 1.54) is 96.2 Å². The van der Waals surface area contributed by atoms with Gasteiger partial charge in [0.15, 0.2) is 0 Å². The van der Waals surface area contributed by atoms with Crippen molar-refractivity contribution >= 4 is 48.7 Å². The first-order chi connectivity index (χ1) is 15.3. The number of benzene rings is 1. The molecule has 31 heavy (non-hydrogen) atoms. The monoisotopic (exact) mass is 516 g/mol. The Morgan fingerprint density at radius 3 is 1.61 bits per heavy atom. The summed E-state index contributed by atoms with van der Waals surface area (Å²) in [6.45, 7) is 4.54. The molecule has 0 amide bonds. The van der Waals surface area contributed by atoms with Crippen LogP contribution in [0, 0.1) is 0 Å². The second-order valence-electron chi connectivity index (χ2n) is 8.38. The fourth-order valence-corrected chi connectivity index (χ4v) is 7.23. The van der Waals surface area contributed by atoms with Crippen LogP contribution in [0.5, 0.6) is 0 Å². The molecule has 0 unspecified atom stereocenters. The maximum absolute atomic E-state index is 4.84. The Kier molecular flexibility index (Phi) is 8.55. The van der Waals surface area contributed by atoms with E-state index in [1.807, 2.05) is 22.7 Å². The van der Waals surface area contributed by atoms with Gasteiger partial charge in [0.1, 0.15) is 0 Å². The Morgan fingerprint density at radius 1 is 0.677 bits per heavy atom. The normalized spacial score (nSPS) is 11.5. The summed E-state index contributed by atoms with van der Waals surface area (Å²) in [7, 11) is 0. The van der Waals surface area contributed by atoms with Crippen molar-refractivity contribution < 1.29 is 0 Å².